The number of carbonyl (C=O) groups excluding carboxylic acids is 2. The van der Waals surface area contributed by atoms with Crippen molar-refractivity contribution >= 4 is 17.8 Å². The van der Waals surface area contributed by atoms with Crippen LogP contribution in [-0.2, 0) is 20.8 Å². The fraction of sp³-hybridized carbons (Fsp3) is 0.308. The van der Waals surface area contributed by atoms with Crippen molar-refractivity contribution in [3.63, 3.8) is 0 Å². The Balaban J connectivity index is 2.52. The van der Waals surface area contributed by atoms with E-state index in [4.69, 9.17) is 10.8 Å². The second kappa shape index (κ2) is 7.15. The Hall–Kier alpha value is -2.37. The number of nitrogens with one attached hydrogen (secondary N) is 1. The Morgan fingerprint density at radius 3 is 2.37 bits per heavy atom. The normalized spacial score (nSPS) is 11.6. The molecule has 6 nitrogen and oxygen atoms in total. The summed E-state index contributed by atoms with van der Waals surface area (Å²) < 4.78 is 0. The molecule has 19 heavy (non-hydrogen) atoms. The summed E-state index contributed by atoms with van der Waals surface area (Å²) in [7, 11) is 0. The van der Waals surface area contributed by atoms with E-state index in [1.54, 1.807) is 24.3 Å². The number of primary amides is 1. The Bertz CT molecular complexity index is 459. The molecule has 0 radical (unpaired) electrons. The monoisotopic (exact) mass is 264 g/mol. The lowest BCUT2D eigenvalue weighted by Gasteiger charge is -2.14. The van der Waals surface area contributed by atoms with Gasteiger partial charge in [0.05, 0.1) is 6.42 Å². The molecule has 1 atom stereocenters. The second-order valence-corrected chi connectivity index (χ2v) is 4.12. The number of rotatable bonds is 7. The standard InChI is InChI=1S/C13H16N2O4/c14-13(19)10(6-7-12(17)18)15-11(16)8-9-4-2-1-3-5-9/h1-5,10H,6-8H2,(H2,14,19)(H,15,16)(H,17,18)/t10-/m0/s1. The van der Waals surface area contributed by atoms with Crippen LogP contribution in [0.15, 0.2) is 30.3 Å². The Morgan fingerprint density at radius 1 is 1.21 bits per heavy atom. The number of benzene rings is 1. The summed E-state index contributed by atoms with van der Waals surface area (Å²) in [6.45, 7) is 0. The van der Waals surface area contributed by atoms with Gasteiger partial charge in [0.25, 0.3) is 0 Å². The van der Waals surface area contributed by atoms with E-state index in [0.717, 1.165) is 5.56 Å². The summed E-state index contributed by atoms with van der Waals surface area (Å²) in [4.78, 5) is 33.3. The first kappa shape index (κ1) is 14.7. The lowest BCUT2D eigenvalue weighted by Crippen LogP contribution is -2.45. The van der Waals surface area contributed by atoms with Gasteiger partial charge in [0.15, 0.2) is 0 Å². The van der Waals surface area contributed by atoms with Crippen LogP contribution in [0, 0.1) is 0 Å². The van der Waals surface area contributed by atoms with Gasteiger partial charge in [-0.3, -0.25) is 14.4 Å². The Labute approximate surface area is 110 Å². The van der Waals surface area contributed by atoms with Crippen LogP contribution >= 0.6 is 0 Å². The molecule has 0 unspecified atom stereocenters. The summed E-state index contributed by atoms with van der Waals surface area (Å²) in [5.41, 5.74) is 5.92. The number of nitrogens with two attached hydrogens (primary N) is 1. The first-order chi connectivity index (χ1) is 8.99. The summed E-state index contributed by atoms with van der Waals surface area (Å²) in [5, 5.41) is 11.0. The SMILES string of the molecule is NC(=O)[C@H](CCC(=O)O)NC(=O)Cc1ccccc1. The highest BCUT2D eigenvalue weighted by atomic mass is 16.4. The molecule has 0 saturated carbocycles. The predicted octanol–water partition coefficient (Wildman–Crippen LogP) is 0.0640. The van der Waals surface area contributed by atoms with Crippen LogP contribution in [0.1, 0.15) is 18.4 Å². The lowest BCUT2D eigenvalue weighted by atomic mass is 10.1. The first-order valence-electron chi connectivity index (χ1n) is 5.83. The van der Waals surface area contributed by atoms with Crippen molar-refractivity contribution in [2.24, 2.45) is 5.73 Å². The molecule has 6 heteroatoms. The molecule has 0 saturated heterocycles. The number of hydrogen-bond donors (Lipinski definition) is 3. The van der Waals surface area contributed by atoms with Crippen LogP contribution < -0.4 is 11.1 Å². The van der Waals surface area contributed by atoms with E-state index in [1.165, 1.54) is 0 Å². The zero-order valence-corrected chi connectivity index (χ0v) is 10.3. The molecule has 1 aromatic carbocycles. The molecule has 1 rings (SSSR count). The maximum Gasteiger partial charge on any atom is 0.303 e. The quantitative estimate of drug-likeness (QED) is 0.647. The fourth-order valence-electron chi connectivity index (χ4n) is 1.58. The predicted molar refractivity (Wildman–Crippen MR) is 68.1 cm³/mol. The smallest absolute Gasteiger partial charge is 0.303 e. The van der Waals surface area contributed by atoms with Gasteiger partial charge in [-0.15, -0.1) is 0 Å². The minimum Gasteiger partial charge on any atom is -0.481 e. The minimum absolute atomic E-state index is 0.00873. The maximum absolute atomic E-state index is 11.7. The summed E-state index contributed by atoms with van der Waals surface area (Å²) in [6, 6.07) is 8.07. The van der Waals surface area contributed by atoms with Crippen LogP contribution in [-0.4, -0.2) is 28.9 Å². The molecule has 0 aromatic heterocycles. The fourth-order valence-corrected chi connectivity index (χ4v) is 1.58. The van der Waals surface area contributed by atoms with E-state index in [0.29, 0.717) is 0 Å². The number of aliphatic carboxylic acids is 1. The number of carboxylic acid groups (broad SMARTS) is 1. The van der Waals surface area contributed by atoms with Crippen LogP contribution in [0.2, 0.25) is 0 Å². The number of amides is 2. The van der Waals surface area contributed by atoms with Crippen molar-refractivity contribution in [1.29, 1.82) is 0 Å². The van der Waals surface area contributed by atoms with Crippen LogP contribution in [0.3, 0.4) is 0 Å². The highest BCUT2D eigenvalue weighted by Crippen LogP contribution is 2.02. The van der Waals surface area contributed by atoms with Gasteiger partial charge in [0.2, 0.25) is 11.8 Å². The largest absolute Gasteiger partial charge is 0.481 e. The van der Waals surface area contributed by atoms with Crippen molar-refractivity contribution < 1.29 is 19.5 Å². The molecule has 0 bridgehead atoms. The average molecular weight is 264 g/mol. The lowest BCUT2D eigenvalue weighted by molar-refractivity contribution is -0.137. The van der Waals surface area contributed by atoms with Gasteiger partial charge < -0.3 is 16.2 Å². The molecule has 0 fully saturated rings. The Morgan fingerprint density at radius 2 is 1.84 bits per heavy atom. The van der Waals surface area contributed by atoms with Crippen LogP contribution in [0.5, 0.6) is 0 Å². The van der Waals surface area contributed by atoms with Crippen LogP contribution in [0.25, 0.3) is 0 Å². The molecule has 0 heterocycles. The van der Waals surface area contributed by atoms with E-state index < -0.39 is 17.9 Å². The molecular formula is C13H16N2O4. The van der Waals surface area contributed by atoms with Crippen molar-refractivity contribution in [2.45, 2.75) is 25.3 Å². The van der Waals surface area contributed by atoms with Gasteiger partial charge in [-0.05, 0) is 12.0 Å². The third kappa shape index (κ3) is 5.67. The van der Waals surface area contributed by atoms with Gasteiger partial charge in [0, 0.05) is 6.42 Å². The van der Waals surface area contributed by atoms with Crippen molar-refractivity contribution in [3.8, 4) is 0 Å². The molecule has 0 aliphatic carbocycles. The Kier molecular flexibility index (Phi) is 5.53. The summed E-state index contributed by atoms with van der Waals surface area (Å²) in [6.07, 6.45) is -0.109. The zero-order valence-electron chi connectivity index (χ0n) is 10.3. The molecule has 0 spiro atoms. The van der Waals surface area contributed by atoms with E-state index in [9.17, 15) is 14.4 Å². The highest BCUT2D eigenvalue weighted by Gasteiger charge is 2.19. The highest BCUT2D eigenvalue weighted by molar-refractivity contribution is 5.87. The van der Waals surface area contributed by atoms with E-state index >= 15 is 0 Å². The molecule has 2 amide bonds. The average Bonchev–Trinajstić information content (AvgIpc) is 2.35. The van der Waals surface area contributed by atoms with Gasteiger partial charge in [0.1, 0.15) is 6.04 Å². The minimum atomic E-state index is -1.04. The number of carbonyl (C=O) groups is 3. The van der Waals surface area contributed by atoms with Crippen molar-refractivity contribution in [3.05, 3.63) is 35.9 Å². The number of hydrogen-bond acceptors (Lipinski definition) is 3. The van der Waals surface area contributed by atoms with Crippen molar-refractivity contribution in [1.82, 2.24) is 5.32 Å². The third-order valence-corrected chi connectivity index (χ3v) is 2.53. The van der Waals surface area contributed by atoms with E-state index in [1.807, 2.05) is 6.07 Å². The maximum atomic E-state index is 11.7. The summed E-state index contributed by atoms with van der Waals surface area (Å²) in [5.74, 6) is -2.13. The second-order valence-electron chi connectivity index (χ2n) is 4.12. The topological polar surface area (TPSA) is 109 Å². The molecule has 102 valence electrons. The van der Waals surface area contributed by atoms with Gasteiger partial charge in [-0.25, -0.2) is 0 Å². The van der Waals surface area contributed by atoms with Gasteiger partial charge in [-0.1, -0.05) is 30.3 Å². The third-order valence-electron chi connectivity index (χ3n) is 2.53. The molecule has 1 aromatic rings. The van der Waals surface area contributed by atoms with Gasteiger partial charge in [-0.2, -0.15) is 0 Å². The summed E-state index contributed by atoms with van der Waals surface area (Å²) >= 11 is 0. The molecule has 0 aliphatic heterocycles. The molecule has 4 N–H and O–H groups in total. The first-order valence-corrected chi connectivity index (χ1v) is 5.83. The molecular weight excluding hydrogens is 248 g/mol. The van der Waals surface area contributed by atoms with Crippen molar-refractivity contribution in [2.75, 3.05) is 0 Å². The zero-order chi connectivity index (χ0) is 14.3. The van der Waals surface area contributed by atoms with Crippen LogP contribution in [0.4, 0.5) is 0 Å². The van der Waals surface area contributed by atoms with E-state index in [2.05, 4.69) is 5.32 Å². The number of carboxylic acids is 1. The van der Waals surface area contributed by atoms with Gasteiger partial charge >= 0.3 is 5.97 Å². The van der Waals surface area contributed by atoms with E-state index in [-0.39, 0.29) is 25.2 Å². The molecule has 0 aliphatic rings.